The normalized spacial score (nSPS) is 20.2. The minimum Gasteiger partial charge on any atom is -0.488 e. The van der Waals surface area contributed by atoms with E-state index < -0.39 is 17.2 Å². The molecule has 1 aromatic rings. The van der Waals surface area contributed by atoms with E-state index in [4.69, 9.17) is 9.47 Å². The molecule has 1 aromatic carbocycles. The zero-order valence-electron chi connectivity index (χ0n) is 19.1. The van der Waals surface area contributed by atoms with Crippen LogP contribution < -0.4 is 4.74 Å². The van der Waals surface area contributed by atoms with Gasteiger partial charge in [-0.15, -0.1) is 0 Å². The first kappa shape index (κ1) is 23.5. The summed E-state index contributed by atoms with van der Waals surface area (Å²) in [4.78, 5) is 11.6. The molecular formula is C26H40O3. The van der Waals surface area contributed by atoms with Crippen molar-refractivity contribution < 1.29 is 14.3 Å². The second kappa shape index (κ2) is 10.3. The maximum atomic E-state index is 11.6. The van der Waals surface area contributed by atoms with E-state index in [1.165, 1.54) is 56.6 Å². The molecule has 0 bridgehead atoms. The summed E-state index contributed by atoms with van der Waals surface area (Å²) in [6.07, 6.45) is 11.2. The molecule has 3 nitrogen and oxygen atoms in total. The predicted molar refractivity (Wildman–Crippen MR) is 120 cm³/mol. The Kier molecular flexibility index (Phi) is 8.36. The molecule has 0 unspecified atom stereocenters. The number of benzene rings is 1. The lowest BCUT2D eigenvalue weighted by atomic mass is 9.77. The van der Waals surface area contributed by atoms with E-state index in [0.717, 1.165) is 11.7 Å². The van der Waals surface area contributed by atoms with Gasteiger partial charge < -0.3 is 9.47 Å². The molecule has 0 saturated heterocycles. The Morgan fingerprint density at radius 3 is 2.24 bits per heavy atom. The number of esters is 1. The molecular weight excluding hydrogens is 360 g/mol. The molecule has 29 heavy (non-hydrogen) atoms. The Labute approximate surface area is 177 Å². The summed E-state index contributed by atoms with van der Waals surface area (Å²) >= 11 is 0. The van der Waals surface area contributed by atoms with Crippen LogP contribution in [0.2, 0.25) is 0 Å². The first-order valence-corrected chi connectivity index (χ1v) is 11.3. The van der Waals surface area contributed by atoms with Gasteiger partial charge in [-0.05, 0) is 82.9 Å². The molecule has 0 atom stereocenters. The van der Waals surface area contributed by atoms with Gasteiger partial charge in [-0.3, -0.25) is 0 Å². The minimum atomic E-state index is -0.620. The van der Waals surface area contributed by atoms with Crippen LogP contribution in [0.1, 0.15) is 97.5 Å². The number of carbonyl (C=O) groups is 1. The number of hydrogen-bond donors (Lipinski definition) is 0. The fraction of sp³-hybridized carbons (Fsp3) is 0.654. The van der Waals surface area contributed by atoms with Crippen LogP contribution >= 0.6 is 0 Å². The molecule has 1 aliphatic rings. The maximum Gasteiger partial charge on any atom is 0.330 e. The Morgan fingerprint density at radius 2 is 1.69 bits per heavy atom. The highest BCUT2D eigenvalue weighted by Gasteiger charge is 2.33. The molecule has 0 aromatic heterocycles. The third-order valence-electron chi connectivity index (χ3n) is 5.95. The fourth-order valence-electron chi connectivity index (χ4n) is 4.82. The van der Waals surface area contributed by atoms with Gasteiger partial charge in [0.25, 0.3) is 0 Å². The average molecular weight is 401 g/mol. The van der Waals surface area contributed by atoms with Crippen molar-refractivity contribution in [1.29, 1.82) is 0 Å². The molecule has 0 spiro atoms. The Bertz CT molecular complexity index is 649. The number of carbonyl (C=O) groups excluding carboxylic acids is 1. The fourth-order valence-corrected chi connectivity index (χ4v) is 4.82. The molecule has 3 heteroatoms. The predicted octanol–water partition coefficient (Wildman–Crippen LogP) is 7.21. The van der Waals surface area contributed by atoms with E-state index in [0.29, 0.717) is 12.3 Å². The average Bonchev–Trinajstić information content (AvgIpc) is 2.65. The molecule has 162 valence electrons. The van der Waals surface area contributed by atoms with E-state index >= 15 is 0 Å². The monoisotopic (exact) mass is 400 g/mol. The van der Waals surface area contributed by atoms with Crippen molar-refractivity contribution in [2.75, 3.05) is 0 Å². The SMILES string of the molecule is C=CC(=O)OC(C)(C)CC(C)(C)Oc1ccc(C2CCC(CCCC)CC2)cc1. The van der Waals surface area contributed by atoms with Gasteiger partial charge in [-0.1, -0.05) is 44.9 Å². The number of ether oxygens (including phenoxy) is 2. The largest absolute Gasteiger partial charge is 0.488 e. The highest BCUT2D eigenvalue weighted by Crippen LogP contribution is 2.38. The second-order valence-electron chi connectivity index (χ2n) is 9.85. The molecule has 0 amide bonds. The van der Waals surface area contributed by atoms with E-state index in [1.54, 1.807) is 0 Å². The Morgan fingerprint density at radius 1 is 1.07 bits per heavy atom. The molecule has 1 saturated carbocycles. The molecule has 0 N–H and O–H groups in total. The van der Waals surface area contributed by atoms with Gasteiger partial charge in [0.15, 0.2) is 0 Å². The van der Waals surface area contributed by atoms with Crippen LogP contribution in [0.3, 0.4) is 0 Å². The highest BCUT2D eigenvalue weighted by atomic mass is 16.6. The Hall–Kier alpha value is -1.77. The topological polar surface area (TPSA) is 35.5 Å². The van der Waals surface area contributed by atoms with Crippen molar-refractivity contribution in [3.63, 3.8) is 0 Å². The van der Waals surface area contributed by atoms with Crippen LogP contribution in [0.25, 0.3) is 0 Å². The number of rotatable bonds is 10. The third kappa shape index (κ3) is 7.87. The maximum absolute atomic E-state index is 11.6. The summed E-state index contributed by atoms with van der Waals surface area (Å²) in [5.41, 5.74) is 0.360. The van der Waals surface area contributed by atoms with E-state index in [1.807, 2.05) is 27.7 Å². The van der Waals surface area contributed by atoms with Crippen molar-refractivity contribution in [2.45, 2.75) is 103 Å². The summed E-state index contributed by atoms with van der Waals surface area (Å²) in [5.74, 6) is 2.08. The van der Waals surface area contributed by atoms with Crippen molar-refractivity contribution in [1.82, 2.24) is 0 Å². The van der Waals surface area contributed by atoms with Gasteiger partial charge in [0.05, 0.1) is 0 Å². The summed E-state index contributed by atoms with van der Waals surface area (Å²) in [6, 6.07) is 8.63. The van der Waals surface area contributed by atoms with Gasteiger partial charge in [0.2, 0.25) is 0 Å². The molecule has 2 rings (SSSR count). The van der Waals surface area contributed by atoms with Crippen molar-refractivity contribution >= 4 is 5.97 Å². The van der Waals surface area contributed by atoms with Gasteiger partial charge in [0.1, 0.15) is 17.0 Å². The zero-order valence-corrected chi connectivity index (χ0v) is 19.1. The summed E-state index contributed by atoms with van der Waals surface area (Å²) in [7, 11) is 0. The van der Waals surface area contributed by atoms with Gasteiger partial charge in [-0.2, -0.15) is 0 Å². The van der Waals surface area contributed by atoms with Crippen LogP contribution in [-0.2, 0) is 9.53 Å². The quantitative estimate of drug-likeness (QED) is 0.307. The Balaban J connectivity index is 1.89. The van der Waals surface area contributed by atoms with E-state index in [2.05, 4.69) is 37.8 Å². The third-order valence-corrected chi connectivity index (χ3v) is 5.95. The van der Waals surface area contributed by atoms with Gasteiger partial charge in [-0.25, -0.2) is 4.79 Å². The number of hydrogen-bond acceptors (Lipinski definition) is 3. The lowest BCUT2D eigenvalue weighted by molar-refractivity contribution is -0.154. The lowest BCUT2D eigenvalue weighted by Crippen LogP contribution is -2.40. The first-order chi connectivity index (χ1) is 13.6. The van der Waals surface area contributed by atoms with Crippen LogP contribution in [-0.4, -0.2) is 17.2 Å². The molecule has 0 aliphatic heterocycles. The van der Waals surface area contributed by atoms with E-state index in [9.17, 15) is 4.79 Å². The van der Waals surface area contributed by atoms with Crippen molar-refractivity contribution in [3.8, 4) is 5.75 Å². The summed E-state index contributed by atoms with van der Waals surface area (Å²) < 4.78 is 11.7. The lowest BCUT2D eigenvalue weighted by Gasteiger charge is -2.35. The van der Waals surface area contributed by atoms with Crippen molar-refractivity contribution in [3.05, 3.63) is 42.5 Å². The molecule has 1 fully saturated rings. The first-order valence-electron chi connectivity index (χ1n) is 11.3. The zero-order chi connectivity index (χ0) is 21.5. The smallest absolute Gasteiger partial charge is 0.330 e. The summed E-state index contributed by atoms with van der Waals surface area (Å²) in [6.45, 7) is 13.6. The van der Waals surface area contributed by atoms with Gasteiger partial charge in [0, 0.05) is 12.5 Å². The minimum absolute atomic E-state index is 0.403. The molecule has 0 radical (unpaired) electrons. The van der Waals surface area contributed by atoms with Crippen molar-refractivity contribution in [2.24, 2.45) is 5.92 Å². The second-order valence-corrected chi connectivity index (χ2v) is 9.85. The van der Waals surface area contributed by atoms with E-state index in [-0.39, 0.29) is 0 Å². The van der Waals surface area contributed by atoms with Gasteiger partial charge >= 0.3 is 5.97 Å². The van der Waals surface area contributed by atoms with Crippen LogP contribution in [0.4, 0.5) is 0 Å². The standard InChI is InChI=1S/C26H40O3/c1-7-9-10-20-11-13-21(14-12-20)22-15-17-23(18-16-22)28-25(3,4)19-26(5,6)29-24(27)8-2/h8,15-18,20-21H,2,7,9-14,19H2,1,3-6H3. The van der Waals surface area contributed by atoms with Crippen LogP contribution in [0.15, 0.2) is 36.9 Å². The van der Waals surface area contributed by atoms with Crippen LogP contribution in [0, 0.1) is 5.92 Å². The molecule has 0 heterocycles. The number of unbranched alkanes of at least 4 members (excludes halogenated alkanes) is 1. The summed E-state index contributed by atoms with van der Waals surface area (Å²) in [5, 5.41) is 0. The van der Waals surface area contributed by atoms with Crippen LogP contribution in [0.5, 0.6) is 5.75 Å². The molecule has 1 aliphatic carbocycles. The highest BCUT2D eigenvalue weighted by molar-refractivity contribution is 5.81.